The van der Waals surface area contributed by atoms with Crippen molar-refractivity contribution in [3.05, 3.63) is 120 Å². The van der Waals surface area contributed by atoms with Crippen LogP contribution in [0.2, 0.25) is 0 Å². The number of likely N-dealkylation sites (N-methyl/N-ethyl adjacent to an activating group) is 2. The molecule has 0 radical (unpaired) electrons. The second kappa shape index (κ2) is 15.4. The molecule has 2 aromatic heterocycles. The number of carbonyl (C=O) groups excluding carboxylic acids is 1. The second-order valence-corrected chi connectivity index (χ2v) is 13.0. The molecular weight excluding hydrogens is 596 g/mol. The molecule has 6 aromatic rings. The van der Waals surface area contributed by atoms with Crippen molar-refractivity contribution in [2.24, 2.45) is 0 Å². The number of ether oxygens (including phenoxy) is 2. The van der Waals surface area contributed by atoms with Gasteiger partial charge in [-0.05, 0) is 97.7 Å². The Hall–Kier alpha value is -4.85. The van der Waals surface area contributed by atoms with Crippen LogP contribution in [0.25, 0.3) is 44.1 Å². The molecule has 0 unspecified atom stereocenters. The first-order valence-electron chi connectivity index (χ1n) is 16.8. The normalized spacial score (nSPS) is 11.6. The van der Waals surface area contributed by atoms with Gasteiger partial charge in [-0.15, -0.1) is 0 Å². The highest BCUT2D eigenvalue weighted by atomic mass is 16.7. The molecule has 7 heteroatoms. The molecule has 4 aromatic carbocycles. The Kier molecular flexibility index (Phi) is 10.6. The number of nitrogens with zero attached hydrogens (tertiary/aromatic N) is 2. The number of aromatic nitrogens is 2. The van der Waals surface area contributed by atoms with E-state index in [9.17, 15) is 4.79 Å². The minimum atomic E-state index is -0.637. The van der Waals surface area contributed by atoms with Crippen molar-refractivity contribution < 1.29 is 14.3 Å². The van der Waals surface area contributed by atoms with Crippen LogP contribution in [0.3, 0.4) is 0 Å². The van der Waals surface area contributed by atoms with Gasteiger partial charge in [0.25, 0.3) is 0 Å². The van der Waals surface area contributed by atoms with Crippen LogP contribution in [0.1, 0.15) is 22.3 Å². The summed E-state index contributed by atoms with van der Waals surface area (Å²) < 4.78 is 11.2. The predicted octanol–water partition coefficient (Wildman–Crippen LogP) is 8.13. The van der Waals surface area contributed by atoms with Crippen LogP contribution in [0.15, 0.2) is 97.3 Å². The van der Waals surface area contributed by atoms with E-state index in [4.69, 9.17) is 9.47 Å². The molecule has 0 aliphatic rings. The Morgan fingerprint density at radius 2 is 0.938 bits per heavy atom. The number of carbonyl (C=O) groups is 1. The number of nitrogens with one attached hydrogen (secondary N) is 2. The number of aromatic amines is 2. The number of benzene rings is 4. The molecule has 0 bridgehead atoms. The Labute approximate surface area is 283 Å². The number of rotatable bonds is 14. The zero-order valence-electron chi connectivity index (χ0n) is 28.5. The van der Waals surface area contributed by atoms with Gasteiger partial charge < -0.3 is 29.2 Å². The minimum absolute atomic E-state index is 0.244. The summed E-state index contributed by atoms with van der Waals surface area (Å²) in [7, 11) is 8.40. The van der Waals surface area contributed by atoms with Gasteiger partial charge >= 0.3 is 6.16 Å². The van der Waals surface area contributed by atoms with E-state index in [1.807, 2.05) is 12.1 Å². The third-order valence-electron chi connectivity index (χ3n) is 9.03. The van der Waals surface area contributed by atoms with Crippen molar-refractivity contribution in [2.45, 2.75) is 25.7 Å². The summed E-state index contributed by atoms with van der Waals surface area (Å²) in [5.41, 5.74) is 11.8. The maximum atomic E-state index is 12.7. The fourth-order valence-electron chi connectivity index (χ4n) is 6.57. The van der Waals surface area contributed by atoms with Gasteiger partial charge in [0.15, 0.2) is 0 Å². The average Bonchev–Trinajstić information content (AvgIpc) is 3.71. The maximum absolute atomic E-state index is 12.7. The van der Waals surface area contributed by atoms with Gasteiger partial charge in [0, 0.05) is 60.1 Å². The maximum Gasteiger partial charge on any atom is 0.508 e. The summed E-state index contributed by atoms with van der Waals surface area (Å²) in [5, 5.41) is 2.51. The molecule has 0 aliphatic heterocycles. The van der Waals surface area contributed by atoms with Crippen LogP contribution in [-0.2, 0) is 35.2 Å². The van der Waals surface area contributed by atoms with Crippen LogP contribution in [0.4, 0.5) is 4.79 Å². The molecule has 0 spiro atoms. The standard InChI is InChI=1S/C41H46N4O3/c1-44(2)23-19-31-27-42-37-17-9-15-35(39(31)37)33-13-7-5-11-29(33)21-25-47-41(46)48-26-22-30-12-6-8-14-34(30)36-16-10-18-38-40(36)32(28-43-38)20-24-45(3)4/h5-18,27-28,42-43H,19-26H2,1-4H3. The summed E-state index contributed by atoms with van der Waals surface area (Å²) in [5.74, 6) is 0. The fraction of sp³-hybridized carbons (Fsp3) is 0.293. The molecule has 48 heavy (non-hydrogen) atoms. The van der Waals surface area contributed by atoms with E-state index in [2.05, 4.69) is 133 Å². The van der Waals surface area contributed by atoms with Crippen molar-refractivity contribution in [3.63, 3.8) is 0 Å². The average molecular weight is 643 g/mol. The zero-order chi connectivity index (χ0) is 33.5. The molecule has 7 nitrogen and oxygen atoms in total. The largest absolute Gasteiger partial charge is 0.508 e. The van der Waals surface area contributed by atoms with E-state index >= 15 is 0 Å². The Balaban J connectivity index is 1.09. The first kappa shape index (κ1) is 33.1. The molecule has 248 valence electrons. The molecule has 0 atom stereocenters. The molecule has 6 rings (SSSR count). The highest BCUT2D eigenvalue weighted by Gasteiger charge is 2.16. The van der Waals surface area contributed by atoms with E-state index in [1.54, 1.807) is 0 Å². The number of hydrogen-bond donors (Lipinski definition) is 2. The van der Waals surface area contributed by atoms with Crippen molar-refractivity contribution in [2.75, 3.05) is 54.5 Å². The molecule has 0 saturated heterocycles. The number of H-pyrrole nitrogens is 2. The molecule has 0 saturated carbocycles. The van der Waals surface area contributed by atoms with Crippen LogP contribution < -0.4 is 0 Å². The number of fused-ring (bicyclic) bond motifs is 2. The topological polar surface area (TPSA) is 73.6 Å². The third-order valence-corrected chi connectivity index (χ3v) is 9.03. The van der Waals surface area contributed by atoms with Crippen molar-refractivity contribution in [1.82, 2.24) is 19.8 Å². The van der Waals surface area contributed by atoms with Gasteiger partial charge in [-0.25, -0.2) is 4.79 Å². The zero-order valence-corrected chi connectivity index (χ0v) is 28.5. The summed E-state index contributed by atoms with van der Waals surface area (Å²) >= 11 is 0. The lowest BCUT2D eigenvalue weighted by Crippen LogP contribution is -2.15. The van der Waals surface area contributed by atoms with Crippen molar-refractivity contribution in [1.29, 1.82) is 0 Å². The lowest BCUT2D eigenvalue weighted by atomic mass is 9.93. The Bertz CT molecular complexity index is 1850. The van der Waals surface area contributed by atoms with E-state index < -0.39 is 6.16 Å². The van der Waals surface area contributed by atoms with E-state index in [0.29, 0.717) is 12.8 Å². The second-order valence-electron chi connectivity index (χ2n) is 13.0. The molecule has 0 amide bonds. The lowest BCUT2D eigenvalue weighted by molar-refractivity contribution is 0.0569. The van der Waals surface area contributed by atoms with Crippen LogP contribution in [0.5, 0.6) is 0 Å². The SMILES string of the molecule is CN(C)CCc1c[nH]c2cccc(-c3ccccc3CCOC(=O)OCCc3ccccc3-c3cccc4[nH]cc(CCN(C)C)c34)c12. The van der Waals surface area contributed by atoms with E-state index in [-0.39, 0.29) is 13.2 Å². The Morgan fingerprint density at radius 1 is 0.521 bits per heavy atom. The van der Waals surface area contributed by atoms with Crippen LogP contribution in [0, 0.1) is 0 Å². The van der Waals surface area contributed by atoms with Crippen molar-refractivity contribution in [3.8, 4) is 22.3 Å². The molecule has 0 aliphatic carbocycles. The van der Waals surface area contributed by atoms with Crippen LogP contribution in [-0.4, -0.2) is 80.4 Å². The minimum Gasteiger partial charge on any atom is -0.434 e. The van der Waals surface area contributed by atoms with Gasteiger partial charge in [0.1, 0.15) is 0 Å². The first-order chi connectivity index (χ1) is 23.4. The quantitative estimate of drug-likeness (QED) is 0.117. The monoisotopic (exact) mass is 642 g/mol. The smallest absolute Gasteiger partial charge is 0.434 e. The van der Waals surface area contributed by atoms with Gasteiger partial charge in [0.05, 0.1) is 13.2 Å². The fourth-order valence-corrected chi connectivity index (χ4v) is 6.57. The summed E-state index contributed by atoms with van der Waals surface area (Å²) in [6, 6.07) is 29.6. The molecule has 0 fully saturated rings. The highest BCUT2D eigenvalue weighted by molar-refractivity contribution is 5.99. The molecule has 2 N–H and O–H groups in total. The van der Waals surface area contributed by atoms with E-state index in [1.165, 1.54) is 33.0 Å². The summed E-state index contributed by atoms with van der Waals surface area (Å²) in [6.07, 6.45) is 6.74. The molecular formula is C41H46N4O3. The lowest BCUT2D eigenvalue weighted by Gasteiger charge is -2.14. The summed E-state index contributed by atoms with van der Waals surface area (Å²) in [4.78, 5) is 24.0. The number of hydrogen-bond acceptors (Lipinski definition) is 5. The van der Waals surface area contributed by atoms with Gasteiger partial charge in [-0.3, -0.25) is 0 Å². The third kappa shape index (κ3) is 7.64. The first-order valence-corrected chi connectivity index (χ1v) is 16.8. The van der Waals surface area contributed by atoms with E-state index in [0.717, 1.165) is 59.2 Å². The van der Waals surface area contributed by atoms with Gasteiger partial charge in [-0.1, -0.05) is 72.8 Å². The van der Waals surface area contributed by atoms with Crippen LogP contribution >= 0.6 is 0 Å². The predicted molar refractivity (Wildman–Crippen MR) is 197 cm³/mol. The van der Waals surface area contributed by atoms with Gasteiger partial charge in [-0.2, -0.15) is 0 Å². The molecule has 2 heterocycles. The summed E-state index contributed by atoms with van der Waals surface area (Å²) in [6.45, 7) is 2.44. The van der Waals surface area contributed by atoms with Crippen molar-refractivity contribution >= 4 is 28.0 Å². The highest BCUT2D eigenvalue weighted by Crippen LogP contribution is 2.35. The van der Waals surface area contributed by atoms with Gasteiger partial charge in [0.2, 0.25) is 0 Å². The Morgan fingerprint density at radius 3 is 1.38 bits per heavy atom.